The molecule has 0 radical (unpaired) electrons. The number of carbonyl (C=O) groups is 1. The Hall–Kier alpha value is -2.36. The van der Waals surface area contributed by atoms with Crippen molar-refractivity contribution in [2.45, 2.75) is 25.7 Å². The summed E-state index contributed by atoms with van der Waals surface area (Å²) in [5.74, 6) is 0.0896. The minimum Gasteiger partial charge on any atom is -0.369 e. The zero-order valence-electron chi connectivity index (χ0n) is 14.3. The van der Waals surface area contributed by atoms with Crippen molar-refractivity contribution in [3.8, 4) is 0 Å². The van der Waals surface area contributed by atoms with Gasteiger partial charge in [-0.2, -0.15) is 0 Å². The molecule has 1 amide bonds. The van der Waals surface area contributed by atoms with Crippen LogP contribution in [0.15, 0.2) is 48.5 Å². The van der Waals surface area contributed by atoms with Crippen molar-refractivity contribution in [1.29, 1.82) is 0 Å². The lowest BCUT2D eigenvalue weighted by Gasteiger charge is -2.37. The molecule has 1 saturated heterocycles. The van der Waals surface area contributed by atoms with E-state index < -0.39 is 0 Å². The van der Waals surface area contributed by atoms with Crippen LogP contribution in [0.5, 0.6) is 0 Å². The minimum atomic E-state index is -0.183. The molecular formula is C21H23FN2O. The van der Waals surface area contributed by atoms with Crippen LogP contribution in [0.1, 0.15) is 24.8 Å². The second-order valence-corrected chi connectivity index (χ2v) is 6.93. The van der Waals surface area contributed by atoms with Crippen LogP contribution >= 0.6 is 0 Å². The number of nitrogens with zero attached hydrogens (tertiary/aromatic N) is 2. The van der Waals surface area contributed by atoms with Crippen molar-refractivity contribution >= 4 is 17.3 Å². The Bertz CT molecular complexity index is 768. The van der Waals surface area contributed by atoms with E-state index in [9.17, 15) is 9.18 Å². The van der Waals surface area contributed by atoms with Gasteiger partial charge in [-0.3, -0.25) is 4.79 Å². The van der Waals surface area contributed by atoms with Crippen LogP contribution in [0.25, 0.3) is 0 Å². The molecule has 0 N–H and O–H groups in total. The third-order valence-corrected chi connectivity index (χ3v) is 5.41. The summed E-state index contributed by atoms with van der Waals surface area (Å²) in [5, 5.41) is 0. The average Bonchev–Trinajstić information content (AvgIpc) is 2.67. The minimum absolute atomic E-state index is 0.0363. The topological polar surface area (TPSA) is 23.6 Å². The van der Waals surface area contributed by atoms with Gasteiger partial charge < -0.3 is 9.80 Å². The van der Waals surface area contributed by atoms with Crippen LogP contribution in [-0.4, -0.2) is 25.5 Å². The van der Waals surface area contributed by atoms with Gasteiger partial charge in [-0.1, -0.05) is 30.3 Å². The monoisotopic (exact) mass is 338 g/mol. The molecule has 0 unspecified atom stereocenters. The molecule has 4 rings (SSSR count). The molecule has 2 aliphatic rings. The van der Waals surface area contributed by atoms with E-state index in [0.29, 0.717) is 5.69 Å². The molecule has 3 nitrogen and oxygen atoms in total. The molecule has 2 heterocycles. The molecule has 2 aliphatic heterocycles. The maximum atomic E-state index is 14.0. The Morgan fingerprint density at radius 2 is 1.60 bits per heavy atom. The van der Waals surface area contributed by atoms with Crippen molar-refractivity contribution in [2.24, 2.45) is 5.92 Å². The summed E-state index contributed by atoms with van der Waals surface area (Å²) in [7, 11) is 0. The Morgan fingerprint density at radius 3 is 2.36 bits per heavy atom. The van der Waals surface area contributed by atoms with Gasteiger partial charge in [-0.25, -0.2) is 4.39 Å². The third-order valence-electron chi connectivity index (χ3n) is 5.41. The predicted molar refractivity (Wildman–Crippen MR) is 98.5 cm³/mol. The summed E-state index contributed by atoms with van der Waals surface area (Å²) in [5.41, 5.74) is 3.00. The Balaban J connectivity index is 1.45. The lowest BCUT2D eigenvalue weighted by Crippen LogP contribution is -2.44. The Morgan fingerprint density at radius 1 is 0.920 bits per heavy atom. The van der Waals surface area contributed by atoms with Gasteiger partial charge >= 0.3 is 0 Å². The Kier molecular flexibility index (Phi) is 4.43. The van der Waals surface area contributed by atoms with Crippen LogP contribution in [0.4, 0.5) is 15.8 Å². The van der Waals surface area contributed by atoms with Gasteiger partial charge in [-0.15, -0.1) is 0 Å². The second-order valence-electron chi connectivity index (χ2n) is 6.93. The zero-order valence-corrected chi connectivity index (χ0v) is 14.3. The number of benzene rings is 2. The van der Waals surface area contributed by atoms with Gasteiger partial charge in [0, 0.05) is 31.2 Å². The first-order valence-corrected chi connectivity index (χ1v) is 9.13. The molecule has 0 aromatic heterocycles. The number of carbonyl (C=O) groups excluding carboxylic acids is 1. The number of rotatable bonds is 2. The molecular weight excluding hydrogens is 315 g/mol. The highest BCUT2D eigenvalue weighted by Gasteiger charge is 2.31. The summed E-state index contributed by atoms with van der Waals surface area (Å²) in [6.45, 7) is 2.27. The highest BCUT2D eigenvalue weighted by Crippen LogP contribution is 2.31. The fraction of sp³-hybridized carbons (Fsp3) is 0.381. The van der Waals surface area contributed by atoms with Gasteiger partial charge in [-0.05, 0) is 49.4 Å². The van der Waals surface area contributed by atoms with E-state index in [1.165, 1.54) is 11.6 Å². The van der Waals surface area contributed by atoms with Crippen molar-refractivity contribution in [2.75, 3.05) is 29.4 Å². The standard InChI is InChI=1S/C21H23FN2O/c22-18-8-2-4-10-20(18)23-14-11-17(12-15-23)21(25)24-13-5-7-16-6-1-3-9-19(16)24/h1-4,6,8-10,17H,5,7,11-15H2. The number of para-hydroxylation sites is 2. The number of aryl methyl sites for hydroxylation is 1. The number of halogens is 1. The molecule has 2 aromatic rings. The van der Waals surface area contributed by atoms with Crippen molar-refractivity contribution in [1.82, 2.24) is 0 Å². The third kappa shape index (κ3) is 3.13. The van der Waals surface area contributed by atoms with Crippen molar-refractivity contribution in [3.63, 3.8) is 0 Å². The van der Waals surface area contributed by atoms with E-state index in [1.807, 2.05) is 29.2 Å². The van der Waals surface area contributed by atoms with E-state index in [1.54, 1.807) is 6.07 Å². The van der Waals surface area contributed by atoms with E-state index in [4.69, 9.17) is 0 Å². The Labute approximate surface area is 148 Å². The number of hydrogen-bond donors (Lipinski definition) is 0. The lowest BCUT2D eigenvalue weighted by atomic mass is 9.93. The SMILES string of the molecule is O=C(C1CCN(c2ccccc2F)CC1)N1CCCc2ccccc21. The van der Waals surface area contributed by atoms with Gasteiger partial charge in [0.15, 0.2) is 0 Å². The van der Waals surface area contributed by atoms with Crippen molar-refractivity contribution < 1.29 is 9.18 Å². The van der Waals surface area contributed by atoms with Gasteiger partial charge in [0.25, 0.3) is 0 Å². The first-order valence-electron chi connectivity index (χ1n) is 9.13. The van der Waals surface area contributed by atoms with Crippen LogP contribution in [-0.2, 0) is 11.2 Å². The summed E-state index contributed by atoms with van der Waals surface area (Å²) >= 11 is 0. The molecule has 25 heavy (non-hydrogen) atoms. The zero-order chi connectivity index (χ0) is 17.2. The van der Waals surface area contributed by atoms with Crippen LogP contribution < -0.4 is 9.80 Å². The molecule has 0 aliphatic carbocycles. The predicted octanol–water partition coefficient (Wildman–Crippen LogP) is 4.02. The maximum absolute atomic E-state index is 14.0. The highest BCUT2D eigenvalue weighted by molar-refractivity contribution is 5.96. The average molecular weight is 338 g/mol. The molecule has 130 valence electrons. The summed E-state index contributed by atoms with van der Waals surface area (Å²) in [6.07, 6.45) is 3.64. The quantitative estimate of drug-likeness (QED) is 0.826. The van der Waals surface area contributed by atoms with Gasteiger partial charge in [0.05, 0.1) is 5.69 Å². The largest absolute Gasteiger partial charge is 0.369 e. The number of amides is 1. The van der Waals surface area contributed by atoms with E-state index >= 15 is 0 Å². The normalized spacial score (nSPS) is 18.1. The first-order chi connectivity index (χ1) is 12.2. The molecule has 0 atom stereocenters. The number of piperidine rings is 1. The molecule has 1 fully saturated rings. The molecule has 0 spiro atoms. The molecule has 0 bridgehead atoms. The molecule has 4 heteroatoms. The summed E-state index contributed by atoms with van der Waals surface area (Å²) in [4.78, 5) is 17.1. The van der Waals surface area contributed by atoms with Crippen LogP contribution in [0, 0.1) is 11.7 Å². The fourth-order valence-corrected chi connectivity index (χ4v) is 4.06. The van der Waals surface area contributed by atoms with Crippen molar-refractivity contribution in [3.05, 3.63) is 59.9 Å². The smallest absolute Gasteiger partial charge is 0.230 e. The fourth-order valence-electron chi connectivity index (χ4n) is 4.06. The number of hydrogen-bond acceptors (Lipinski definition) is 2. The number of anilines is 2. The van der Waals surface area contributed by atoms with Crippen LogP contribution in [0.3, 0.4) is 0 Å². The first kappa shape index (κ1) is 16.1. The number of fused-ring (bicyclic) bond motifs is 1. The van der Waals surface area contributed by atoms with Crippen LogP contribution in [0.2, 0.25) is 0 Å². The maximum Gasteiger partial charge on any atom is 0.230 e. The molecule has 2 aromatic carbocycles. The van der Waals surface area contributed by atoms with E-state index in [-0.39, 0.29) is 17.6 Å². The molecule has 0 saturated carbocycles. The summed E-state index contributed by atoms with van der Waals surface area (Å²) in [6, 6.07) is 15.1. The van der Waals surface area contributed by atoms with E-state index in [0.717, 1.165) is 51.0 Å². The van der Waals surface area contributed by atoms with Gasteiger partial charge in [0.1, 0.15) is 5.82 Å². The second kappa shape index (κ2) is 6.87. The highest BCUT2D eigenvalue weighted by atomic mass is 19.1. The van der Waals surface area contributed by atoms with E-state index in [2.05, 4.69) is 17.0 Å². The summed E-state index contributed by atoms with van der Waals surface area (Å²) < 4.78 is 14.0. The lowest BCUT2D eigenvalue weighted by molar-refractivity contribution is -0.123. The van der Waals surface area contributed by atoms with Gasteiger partial charge in [0.2, 0.25) is 5.91 Å².